The van der Waals surface area contributed by atoms with Crippen LogP contribution in [0.1, 0.15) is 24.0 Å². The molecule has 176 valence electrons. The second kappa shape index (κ2) is 9.16. The zero-order valence-corrected chi connectivity index (χ0v) is 17.0. The zero-order valence-electron chi connectivity index (χ0n) is 17.0. The number of benzene rings is 2. The topological polar surface area (TPSA) is 64.2 Å². The summed E-state index contributed by atoms with van der Waals surface area (Å²) in [6, 6.07) is 7.87. The van der Waals surface area contributed by atoms with Gasteiger partial charge in [-0.1, -0.05) is 24.3 Å². The van der Waals surface area contributed by atoms with Crippen LogP contribution >= 0.6 is 0 Å². The molecule has 1 heterocycles. The number of aromatic hydroxyl groups is 1. The van der Waals surface area contributed by atoms with Gasteiger partial charge in [0.05, 0.1) is 6.07 Å². The van der Waals surface area contributed by atoms with Crippen LogP contribution in [0.25, 0.3) is 0 Å². The highest BCUT2D eigenvalue weighted by molar-refractivity contribution is 5.22. The van der Waals surface area contributed by atoms with Gasteiger partial charge < -0.3 is 5.11 Å². The predicted molar refractivity (Wildman–Crippen MR) is 106 cm³/mol. The Labute approximate surface area is 183 Å². The van der Waals surface area contributed by atoms with Crippen LogP contribution in [0.2, 0.25) is 0 Å². The molecule has 0 radical (unpaired) electrons. The van der Waals surface area contributed by atoms with E-state index in [0.29, 0.717) is 27.3 Å². The summed E-state index contributed by atoms with van der Waals surface area (Å²) >= 11 is 0. The van der Waals surface area contributed by atoms with Gasteiger partial charge in [0.1, 0.15) is 11.6 Å². The smallest absolute Gasteiger partial charge is 0.333 e. The van der Waals surface area contributed by atoms with E-state index >= 15 is 0 Å². The largest absolute Gasteiger partial charge is 0.494 e. The lowest BCUT2D eigenvalue weighted by atomic mass is 10.1. The molecule has 0 amide bonds. The van der Waals surface area contributed by atoms with Crippen LogP contribution in [0.3, 0.4) is 0 Å². The highest BCUT2D eigenvalue weighted by Crippen LogP contribution is 2.33. The molecule has 5 nitrogen and oxygen atoms in total. The molecule has 0 aliphatic carbocycles. The van der Waals surface area contributed by atoms with E-state index in [-0.39, 0.29) is 0 Å². The first-order chi connectivity index (χ1) is 15.4. The third-order valence-corrected chi connectivity index (χ3v) is 5.05. The lowest BCUT2D eigenvalue weighted by Crippen LogP contribution is -2.40. The van der Waals surface area contributed by atoms with Crippen molar-refractivity contribution < 1.29 is 31.4 Å². The first kappa shape index (κ1) is 24.1. The van der Waals surface area contributed by atoms with Gasteiger partial charge in [0.25, 0.3) is 17.4 Å². The second-order valence-corrected chi connectivity index (χ2v) is 7.36. The first-order valence-corrected chi connectivity index (χ1v) is 9.72. The molecule has 3 rings (SSSR count). The van der Waals surface area contributed by atoms with Gasteiger partial charge in [-0.05, 0) is 24.3 Å². The molecule has 0 saturated heterocycles. The Kier molecular flexibility index (Phi) is 6.71. The van der Waals surface area contributed by atoms with Gasteiger partial charge in [-0.3, -0.25) is 13.9 Å². The molecule has 33 heavy (non-hydrogen) atoms. The Morgan fingerprint density at radius 1 is 0.727 bits per heavy atom. The van der Waals surface area contributed by atoms with Gasteiger partial charge in [0, 0.05) is 37.1 Å². The number of halogens is 6. The fourth-order valence-electron chi connectivity index (χ4n) is 3.25. The standard InChI is InChI=1S/C22H18F6N2O3/c23-16-5-1-3-14(11-16)21(25,26)7-9-29-18(31)13-19(32)30(20(29)33)10-8-22(27,28)15-4-2-6-17(24)12-15/h1-6,11-13,31H,7-10H2. The van der Waals surface area contributed by atoms with E-state index < -0.39 is 77.7 Å². The summed E-state index contributed by atoms with van der Waals surface area (Å²) in [4.78, 5) is 24.7. The van der Waals surface area contributed by atoms with Crippen LogP contribution in [0.15, 0.2) is 64.2 Å². The van der Waals surface area contributed by atoms with E-state index in [1.807, 2.05) is 0 Å². The Balaban J connectivity index is 1.83. The first-order valence-electron chi connectivity index (χ1n) is 9.72. The number of hydrogen-bond donors (Lipinski definition) is 1. The Morgan fingerprint density at radius 2 is 1.18 bits per heavy atom. The summed E-state index contributed by atoms with van der Waals surface area (Å²) in [6.07, 6.45) is -2.10. The Morgan fingerprint density at radius 3 is 1.64 bits per heavy atom. The van der Waals surface area contributed by atoms with Crippen molar-refractivity contribution in [2.75, 3.05) is 0 Å². The summed E-state index contributed by atoms with van der Waals surface area (Å²) in [5.41, 5.74) is -3.70. The molecule has 0 spiro atoms. The lowest BCUT2D eigenvalue weighted by molar-refractivity contribution is -0.0196. The Hall–Kier alpha value is -3.50. The molecule has 3 aromatic rings. The summed E-state index contributed by atoms with van der Waals surface area (Å²) in [7, 11) is 0. The summed E-state index contributed by atoms with van der Waals surface area (Å²) in [5.74, 6) is -9.88. The van der Waals surface area contributed by atoms with Crippen molar-refractivity contribution in [3.63, 3.8) is 0 Å². The van der Waals surface area contributed by atoms with Crippen LogP contribution in [-0.2, 0) is 24.9 Å². The van der Waals surface area contributed by atoms with Crippen LogP contribution in [0, 0.1) is 11.6 Å². The molecule has 1 N–H and O–H groups in total. The molecule has 0 fully saturated rings. The maximum absolute atomic E-state index is 14.4. The zero-order chi connectivity index (χ0) is 24.4. The third-order valence-electron chi connectivity index (χ3n) is 5.05. The van der Waals surface area contributed by atoms with Gasteiger partial charge in [0.2, 0.25) is 5.88 Å². The van der Waals surface area contributed by atoms with Crippen molar-refractivity contribution in [2.45, 2.75) is 37.8 Å². The molecule has 0 aliphatic heterocycles. The molecule has 11 heteroatoms. The summed E-state index contributed by atoms with van der Waals surface area (Å²) < 4.78 is 85.0. The highest BCUT2D eigenvalue weighted by atomic mass is 19.3. The van der Waals surface area contributed by atoms with Crippen LogP contribution in [0.5, 0.6) is 5.88 Å². The highest BCUT2D eigenvalue weighted by Gasteiger charge is 2.33. The van der Waals surface area contributed by atoms with Crippen molar-refractivity contribution in [1.29, 1.82) is 0 Å². The maximum atomic E-state index is 14.4. The molecule has 1 aromatic heterocycles. The van der Waals surface area contributed by atoms with Crippen molar-refractivity contribution in [2.24, 2.45) is 0 Å². The fraction of sp³-hybridized carbons (Fsp3) is 0.273. The van der Waals surface area contributed by atoms with Crippen molar-refractivity contribution in [3.8, 4) is 5.88 Å². The Bertz CT molecular complexity index is 1270. The van der Waals surface area contributed by atoms with Crippen LogP contribution < -0.4 is 11.2 Å². The van der Waals surface area contributed by atoms with Gasteiger partial charge in [0.15, 0.2) is 0 Å². The maximum Gasteiger partial charge on any atom is 0.333 e. The van der Waals surface area contributed by atoms with Gasteiger partial charge in [-0.15, -0.1) is 0 Å². The average Bonchev–Trinajstić information content (AvgIpc) is 2.73. The van der Waals surface area contributed by atoms with E-state index in [4.69, 9.17) is 0 Å². The lowest BCUT2D eigenvalue weighted by Gasteiger charge is -2.20. The number of rotatable bonds is 8. The molecule has 0 atom stereocenters. The average molecular weight is 472 g/mol. The number of alkyl halides is 4. The number of aromatic nitrogens is 2. The van der Waals surface area contributed by atoms with Gasteiger partial charge in [-0.2, -0.15) is 0 Å². The van der Waals surface area contributed by atoms with Gasteiger partial charge >= 0.3 is 5.69 Å². The number of hydrogen-bond acceptors (Lipinski definition) is 3. The molecule has 0 aliphatic rings. The van der Waals surface area contributed by atoms with Crippen LogP contribution in [0.4, 0.5) is 26.3 Å². The van der Waals surface area contributed by atoms with E-state index in [2.05, 4.69) is 0 Å². The minimum Gasteiger partial charge on any atom is -0.494 e. The van der Waals surface area contributed by atoms with E-state index in [1.54, 1.807) is 0 Å². The van der Waals surface area contributed by atoms with Crippen LogP contribution in [-0.4, -0.2) is 14.2 Å². The fourth-order valence-corrected chi connectivity index (χ4v) is 3.25. The predicted octanol–water partition coefficient (Wildman–Crippen LogP) is 4.36. The SMILES string of the molecule is O=c1cc(O)n(CCC(F)(F)c2cccc(F)c2)c(=O)n1CCC(F)(F)c1cccc(F)c1. The van der Waals surface area contributed by atoms with Crippen molar-refractivity contribution in [1.82, 2.24) is 9.13 Å². The monoisotopic (exact) mass is 472 g/mol. The third kappa shape index (κ3) is 5.47. The number of nitrogens with zero attached hydrogens (tertiary/aromatic N) is 2. The molecule has 0 bridgehead atoms. The molecular weight excluding hydrogens is 454 g/mol. The second-order valence-electron chi connectivity index (χ2n) is 7.36. The molecular formula is C22H18F6N2O3. The molecule has 2 aromatic carbocycles. The minimum absolute atomic E-state index is 0.368. The minimum atomic E-state index is -3.60. The van der Waals surface area contributed by atoms with Crippen molar-refractivity contribution >= 4 is 0 Å². The van der Waals surface area contributed by atoms with E-state index in [0.717, 1.165) is 36.4 Å². The quantitative estimate of drug-likeness (QED) is 0.496. The summed E-state index contributed by atoms with van der Waals surface area (Å²) in [6.45, 7) is -1.60. The normalized spacial score (nSPS) is 12.2. The summed E-state index contributed by atoms with van der Waals surface area (Å²) in [5, 5.41) is 9.90. The van der Waals surface area contributed by atoms with Gasteiger partial charge in [-0.25, -0.2) is 31.1 Å². The van der Waals surface area contributed by atoms with E-state index in [1.165, 1.54) is 0 Å². The van der Waals surface area contributed by atoms with E-state index in [9.17, 15) is 41.0 Å². The van der Waals surface area contributed by atoms with Crippen molar-refractivity contribution in [3.05, 3.63) is 98.2 Å². The molecule has 0 saturated carbocycles. The molecule has 0 unspecified atom stereocenters.